The molecule has 3 N–H and O–H groups in total. The largest absolute Gasteiger partial charge is 0.462 e. The summed E-state index contributed by atoms with van der Waals surface area (Å²) in [6, 6.07) is -0.704. The zero-order valence-electron chi connectivity index (χ0n) is 43.6. The minimum absolute atomic E-state index is 0.0731. The van der Waals surface area contributed by atoms with Gasteiger partial charge in [-0.2, -0.15) is 0 Å². The predicted octanol–water partition coefficient (Wildman–Crippen LogP) is 17.6. The van der Waals surface area contributed by atoms with E-state index in [2.05, 4.69) is 62.5 Å². The summed E-state index contributed by atoms with van der Waals surface area (Å²) in [5.41, 5.74) is 0. The average molecular weight is 915 g/mol. The zero-order chi connectivity index (χ0) is 47.4. The number of aliphatic hydroxyl groups is 2. The summed E-state index contributed by atoms with van der Waals surface area (Å²) in [6.45, 7) is 6.41. The number of amides is 1. The van der Waals surface area contributed by atoms with Crippen molar-refractivity contribution in [3.05, 3.63) is 36.5 Å². The van der Waals surface area contributed by atoms with Crippen molar-refractivity contribution in [3.8, 4) is 0 Å². The highest BCUT2D eigenvalue weighted by Gasteiger charge is 2.24. The molecule has 0 saturated heterocycles. The van der Waals surface area contributed by atoms with Gasteiger partial charge in [-0.1, -0.05) is 269 Å². The first-order valence-electron chi connectivity index (χ1n) is 28.7. The molecule has 0 aliphatic heterocycles. The van der Waals surface area contributed by atoms with Gasteiger partial charge in [0.05, 0.1) is 25.2 Å². The second-order valence-electron chi connectivity index (χ2n) is 19.7. The van der Waals surface area contributed by atoms with E-state index in [0.29, 0.717) is 19.3 Å². The summed E-state index contributed by atoms with van der Waals surface area (Å²) in [7, 11) is 0. The molecule has 0 rings (SSSR count). The Labute approximate surface area is 404 Å². The van der Waals surface area contributed by atoms with Crippen molar-refractivity contribution in [2.45, 2.75) is 322 Å². The Morgan fingerprint density at radius 1 is 0.462 bits per heavy atom. The van der Waals surface area contributed by atoms with Gasteiger partial charge >= 0.3 is 5.97 Å². The molecule has 0 heterocycles. The van der Waals surface area contributed by atoms with E-state index in [9.17, 15) is 19.8 Å². The maximum Gasteiger partial charge on any atom is 0.306 e. The number of unbranched alkanes of at least 4 members (excludes halogenated alkanes) is 34. The van der Waals surface area contributed by atoms with Crippen molar-refractivity contribution < 1.29 is 24.5 Å². The van der Waals surface area contributed by atoms with E-state index in [0.717, 1.165) is 77.0 Å². The van der Waals surface area contributed by atoms with Crippen molar-refractivity contribution in [3.63, 3.8) is 0 Å². The van der Waals surface area contributed by atoms with Crippen LogP contribution in [-0.2, 0) is 14.3 Å². The second-order valence-corrected chi connectivity index (χ2v) is 19.7. The van der Waals surface area contributed by atoms with Gasteiger partial charge in [-0.25, -0.2) is 0 Å². The molecule has 6 nitrogen and oxygen atoms in total. The van der Waals surface area contributed by atoms with Crippen molar-refractivity contribution in [1.82, 2.24) is 5.32 Å². The van der Waals surface area contributed by atoms with Gasteiger partial charge in [0.15, 0.2) is 0 Å². The molecule has 1 amide bonds. The summed E-state index contributed by atoms with van der Waals surface area (Å²) >= 11 is 0. The average Bonchev–Trinajstić information content (AvgIpc) is 3.30. The predicted molar refractivity (Wildman–Crippen MR) is 282 cm³/mol. The number of esters is 1. The van der Waals surface area contributed by atoms with Crippen LogP contribution in [0.4, 0.5) is 0 Å². The van der Waals surface area contributed by atoms with E-state index in [1.165, 1.54) is 180 Å². The lowest BCUT2D eigenvalue weighted by molar-refractivity contribution is -0.151. The van der Waals surface area contributed by atoms with Crippen LogP contribution in [0.15, 0.2) is 36.5 Å². The van der Waals surface area contributed by atoms with Gasteiger partial charge in [0, 0.05) is 6.42 Å². The number of hydrogen-bond donors (Lipinski definition) is 3. The number of nitrogens with one attached hydrogen (secondary N) is 1. The summed E-state index contributed by atoms with van der Waals surface area (Å²) in [6.07, 6.45) is 63.5. The highest BCUT2D eigenvalue weighted by molar-refractivity contribution is 5.77. The number of carbonyl (C=O) groups is 2. The van der Waals surface area contributed by atoms with Gasteiger partial charge in [0.25, 0.3) is 0 Å². The topological polar surface area (TPSA) is 95.9 Å². The normalized spacial score (nSPS) is 13.4. The monoisotopic (exact) mass is 914 g/mol. The minimum atomic E-state index is -0.790. The summed E-state index contributed by atoms with van der Waals surface area (Å²) in [4.78, 5) is 26.2. The van der Waals surface area contributed by atoms with Crippen LogP contribution >= 0.6 is 0 Å². The van der Waals surface area contributed by atoms with Gasteiger partial charge < -0.3 is 20.3 Å². The van der Waals surface area contributed by atoms with E-state index in [1.807, 2.05) is 0 Å². The second kappa shape index (κ2) is 53.0. The maximum absolute atomic E-state index is 13.3. The molecule has 0 fully saturated rings. The molecule has 0 aliphatic rings. The van der Waals surface area contributed by atoms with Gasteiger partial charge in [-0.3, -0.25) is 9.59 Å². The Morgan fingerprint density at radius 2 is 0.831 bits per heavy atom. The lowest BCUT2D eigenvalue weighted by Crippen LogP contribution is -2.46. The van der Waals surface area contributed by atoms with Crippen LogP contribution in [-0.4, -0.2) is 46.9 Å². The van der Waals surface area contributed by atoms with E-state index in [1.54, 1.807) is 0 Å². The molecule has 6 heteroatoms. The minimum Gasteiger partial charge on any atom is -0.462 e. The first-order chi connectivity index (χ1) is 32.0. The Morgan fingerprint density at radius 3 is 1.26 bits per heavy atom. The van der Waals surface area contributed by atoms with Crippen molar-refractivity contribution in [1.29, 1.82) is 0 Å². The molecule has 0 aromatic heterocycles. The third-order valence-electron chi connectivity index (χ3n) is 13.2. The molecule has 65 heavy (non-hydrogen) atoms. The first-order valence-corrected chi connectivity index (χ1v) is 28.7. The van der Waals surface area contributed by atoms with Crippen LogP contribution in [0.3, 0.4) is 0 Å². The highest BCUT2D eigenvalue weighted by Crippen LogP contribution is 2.19. The van der Waals surface area contributed by atoms with Crippen LogP contribution in [0, 0.1) is 0 Å². The molecule has 3 unspecified atom stereocenters. The smallest absolute Gasteiger partial charge is 0.306 e. The van der Waals surface area contributed by atoms with Crippen LogP contribution in [0.2, 0.25) is 0 Å². The summed E-state index contributed by atoms with van der Waals surface area (Å²) < 4.78 is 5.95. The fraction of sp³-hybridized carbons (Fsp3) is 0.864. The fourth-order valence-electron chi connectivity index (χ4n) is 8.92. The SMILES string of the molecule is CC/C=C/C/C=C/C/C=C/CCCCCCC(=O)OC(CCCCCCCCCCCCCCCCCC)CC(=O)NC(CO)C(O)CCCCCCCCCCCCCCCCCC. The molecular weight excluding hydrogens is 803 g/mol. The Kier molecular flexibility index (Phi) is 51.5. The van der Waals surface area contributed by atoms with E-state index in [4.69, 9.17) is 4.74 Å². The van der Waals surface area contributed by atoms with Crippen LogP contribution in [0.25, 0.3) is 0 Å². The Hall–Kier alpha value is -1.92. The molecule has 0 saturated carbocycles. The van der Waals surface area contributed by atoms with Gasteiger partial charge in [-0.05, 0) is 57.8 Å². The summed E-state index contributed by atoms with van der Waals surface area (Å²) in [5.74, 6) is -0.483. The third kappa shape index (κ3) is 48.3. The number of ether oxygens (including phenoxy) is 1. The summed E-state index contributed by atoms with van der Waals surface area (Å²) in [5, 5.41) is 23.9. The molecule has 0 aromatic rings. The maximum atomic E-state index is 13.3. The molecule has 3 atom stereocenters. The quantitative estimate of drug-likeness (QED) is 0.0321. The molecule has 0 spiro atoms. The van der Waals surface area contributed by atoms with E-state index >= 15 is 0 Å². The van der Waals surface area contributed by atoms with Crippen molar-refractivity contribution >= 4 is 11.9 Å². The Balaban J connectivity index is 4.54. The van der Waals surface area contributed by atoms with E-state index < -0.39 is 18.2 Å². The molecule has 382 valence electrons. The number of aliphatic hydroxyl groups excluding tert-OH is 2. The van der Waals surface area contributed by atoms with Crippen LogP contribution in [0.1, 0.15) is 303 Å². The Bertz CT molecular complexity index is 1070. The van der Waals surface area contributed by atoms with Crippen molar-refractivity contribution in [2.75, 3.05) is 6.61 Å². The molecule has 0 bridgehead atoms. The fourth-order valence-corrected chi connectivity index (χ4v) is 8.92. The van der Waals surface area contributed by atoms with Crippen molar-refractivity contribution in [2.24, 2.45) is 0 Å². The number of rotatable bonds is 52. The lowest BCUT2D eigenvalue weighted by Gasteiger charge is -2.24. The molecule has 0 aromatic carbocycles. The molecule has 0 aliphatic carbocycles. The van der Waals surface area contributed by atoms with Crippen LogP contribution in [0.5, 0.6) is 0 Å². The third-order valence-corrected chi connectivity index (χ3v) is 13.2. The van der Waals surface area contributed by atoms with Gasteiger partial charge in [0.2, 0.25) is 5.91 Å². The molecular formula is C59H111NO5. The van der Waals surface area contributed by atoms with Crippen LogP contribution < -0.4 is 5.32 Å². The number of hydrogen-bond acceptors (Lipinski definition) is 5. The zero-order valence-corrected chi connectivity index (χ0v) is 43.6. The number of carbonyl (C=O) groups excluding carboxylic acids is 2. The lowest BCUT2D eigenvalue weighted by atomic mass is 10.0. The standard InChI is InChI=1S/C59H111NO5/c1-4-7-10-13-16-19-22-25-28-30-32-35-38-41-44-47-50-55(65-59(64)52-49-46-43-40-37-34-27-24-21-18-15-12-9-6-3)53-58(63)60-56(54-61)57(62)51-48-45-42-39-36-33-31-29-26-23-20-17-14-11-8-5-2/h9,12,18,21,27,34,55-57,61-62H,4-8,10-11,13-17,19-20,22-26,28-33,35-54H2,1-3H3,(H,60,63)/b12-9+,21-18+,34-27+. The molecule has 0 radical (unpaired) electrons. The number of allylic oxidation sites excluding steroid dienone is 6. The highest BCUT2D eigenvalue weighted by atomic mass is 16.5. The van der Waals surface area contributed by atoms with E-state index in [-0.39, 0.29) is 24.9 Å². The van der Waals surface area contributed by atoms with Gasteiger partial charge in [-0.15, -0.1) is 0 Å². The first kappa shape index (κ1) is 63.1. The van der Waals surface area contributed by atoms with Gasteiger partial charge in [0.1, 0.15) is 6.10 Å².